The van der Waals surface area contributed by atoms with Gasteiger partial charge in [-0.25, -0.2) is 4.79 Å². The Balaban J connectivity index is 1.67. The highest BCUT2D eigenvalue weighted by molar-refractivity contribution is 6.00. The van der Waals surface area contributed by atoms with Crippen molar-refractivity contribution in [3.05, 3.63) is 118 Å². The van der Waals surface area contributed by atoms with E-state index >= 15 is 0 Å². The Labute approximate surface area is 266 Å². The summed E-state index contributed by atoms with van der Waals surface area (Å²) in [6, 6.07) is 19.9. The Bertz CT molecular complexity index is 1560. The number of non-ortho nitro benzene ring substituents is 1. The molecule has 2 atom stereocenters. The van der Waals surface area contributed by atoms with Crippen molar-refractivity contribution in [3.63, 3.8) is 0 Å². The maximum atomic E-state index is 13.7. The smallest absolute Gasteiger partial charge is 0.328 e. The molecule has 0 unspecified atom stereocenters. The van der Waals surface area contributed by atoms with Crippen LogP contribution in [0.2, 0.25) is 0 Å². The first kappa shape index (κ1) is 33.4. The third-order valence-electron chi connectivity index (χ3n) is 7.47. The van der Waals surface area contributed by atoms with E-state index in [2.05, 4.69) is 10.6 Å². The number of rotatable bonds is 7. The molecule has 0 spiro atoms. The van der Waals surface area contributed by atoms with Gasteiger partial charge in [0.25, 0.3) is 11.6 Å². The first-order chi connectivity index (χ1) is 22.2. The van der Waals surface area contributed by atoms with Gasteiger partial charge in [-0.1, -0.05) is 66.7 Å². The number of nitro groups is 1. The Morgan fingerprint density at radius 1 is 0.978 bits per heavy atom. The highest BCUT2D eigenvalue weighted by Crippen LogP contribution is 2.25. The average molecular weight is 629 g/mol. The summed E-state index contributed by atoms with van der Waals surface area (Å²) in [6.45, 7) is 0.668. The lowest BCUT2D eigenvalue weighted by Crippen LogP contribution is -2.53. The zero-order valence-electron chi connectivity index (χ0n) is 25.4. The van der Waals surface area contributed by atoms with Crippen LogP contribution in [0.3, 0.4) is 0 Å². The molecule has 1 aliphatic heterocycles. The minimum Gasteiger partial charge on any atom is -0.489 e. The molecule has 12 heteroatoms. The van der Waals surface area contributed by atoms with E-state index in [4.69, 9.17) is 9.47 Å². The third-order valence-corrected chi connectivity index (χ3v) is 7.47. The van der Waals surface area contributed by atoms with Crippen molar-refractivity contribution in [2.24, 2.45) is 0 Å². The van der Waals surface area contributed by atoms with Gasteiger partial charge >= 0.3 is 5.97 Å². The minimum atomic E-state index is -1.19. The fourth-order valence-electron chi connectivity index (χ4n) is 4.95. The minimum absolute atomic E-state index is 0.0111. The van der Waals surface area contributed by atoms with Crippen molar-refractivity contribution in [1.29, 1.82) is 0 Å². The summed E-state index contributed by atoms with van der Waals surface area (Å²) in [7, 11) is 1.18. The summed E-state index contributed by atoms with van der Waals surface area (Å²) in [5, 5.41) is 16.8. The number of carbonyl (C=O) groups is 4. The largest absolute Gasteiger partial charge is 0.489 e. The maximum absolute atomic E-state index is 13.7. The van der Waals surface area contributed by atoms with Gasteiger partial charge in [0.2, 0.25) is 11.8 Å². The molecule has 46 heavy (non-hydrogen) atoms. The number of benzene rings is 3. The average Bonchev–Trinajstić information content (AvgIpc) is 3.07. The van der Waals surface area contributed by atoms with Gasteiger partial charge in [0.05, 0.1) is 17.6 Å². The second-order valence-electron chi connectivity index (χ2n) is 10.6. The molecule has 1 heterocycles. The fourth-order valence-corrected chi connectivity index (χ4v) is 4.95. The van der Waals surface area contributed by atoms with Crippen LogP contribution in [0, 0.1) is 10.1 Å². The number of methoxy groups -OCH3 is 1. The van der Waals surface area contributed by atoms with Gasteiger partial charge in [0, 0.05) is 38.1 Å². The van der Waals surface area contributed by atoms with Crippen molar-refractivity contribution < 1.29 is 33.6 Å². The third kappa shape index (κ3) is 9.49. The molecule has 2 N–H and O–H groups in total. The van der Waals surface area contributed by atoms with Crippen LogP contribution in [0.4, 0.5) is 5.69 Å². The van der Waals surface area contributed by atoms with Crippen molar-refractivity contribution in [2.45, 2.75) is 37.8 Å². The highest BCUT2D eigenvalue weighted by Gasteiger charge is 2.30. The number of amides is 3. The number of nitrogens with one attached hydrogen (secondary N) is 2. The zero-order chi connectivity index (χ0) is 32.9. The lowest BCUT2D eigenvalue weighted by atomic mass is 10.0. The molecule has 1 aliphatic rings. The maximum Gasteiger partial charge on any atom is 0.328 e. The normalized spacial score (nSPS) is 18.6. The van der Waals surface area contributed by atoms with E-state index < -0.39 is 34.8 Å². The summed E-state index contributed by atoms with van der Waals surface area (Å²) < 4.78 is 10.7. The van der Waals surface area contributed by atoms with Gasteiger partial charge in [-0.15, -0.1) is 0 Å². The Morgan fingerprint density at radius 3 is 2.35 bits per heavy atom. The SMILES string of the molecule is COC(=O)[C@@H]1CCC(=O)N(CCc2ccccc2)C/C=C/COc2ccc([N+](=O)[O-])cc2C(=O)N[C@H](Cc2ccccc2)C(=O)N1. The molecule has 0 saturated carbocycles. The first-order valence-corrected chi connectivity index (χ1v) is 14.9. The Hall–Kier alpha value is -5.52. The van der Waals surface area contributed by atoms with Gasteiger partial charge < -0.3 is 25.0 Å². The monoisotopic (exact) mass is 628 g/mol. The van der Waals surface area contributed by atoms with Crippen LogP contribution in [-0.4, -0.2) is 72.4 Å². The standard InChI is InChI=1S/C34H36N4O8/c1-45-34(42)28-15-17-31(39)37(20-18-24-10-4-2-5-11-24)19-8-9-21-46-30-16-14-26(38(43)44)23-27(30)32(40)36-29(33(41)35-28)22-25-12-6-3-7-13-25/h2-14,16,23,28-29H,15,17-22H2,1H3,(H,35,41)(H,36,40)/b9-8+/t28-,29+/m0/s1. The zero-order valence-corrected chi connectivity index (χ0v) is 25.4. The molecular formula is C34H36N4O8. The van der Waals surface area contributed by atoms with Gasteiger partial charge in [-0.3, -0.25) is 24.5 Å². The molecule has 0 aliphatic carbocycles. The molecule has 3 aromatic rings. The summed E-state index contributed by atoms with van der Waals surface area (Å²) in [5.41, 5.74) is 1.30. The molecule has 0 fully saturated rings. The second-order valence-corrected chi connectivity index (χ2v) is 10.6. The van der Waals surface area contributed by atoms with Crippen LogP contribution in [-0.2, 0) is 32.0 Å². The molecule has 12 nitrogen and oxygen atoms in total. The van der Waals surface area contributed by atoms with Crippen molar-refractivity contribution >= 4 is 29.4 Å². The van der Waals surface area contributed by atoms with Crippen LogP contribution < -0.4 is 15.4 Å². The molecular weight excluding hydrogens is 592 g/mol. The van der Waals surface area contributed by atoms with E-state index in [0.717, 1.165) is 11.6 Å². The van der Waals surface area contributed by atoms with E-state index in [1.807, 2.05) is 30.3 Å². The molecule has 0 bridgehead atoms. The Kier molecular flexibility index (Phi) is 12.0. The lowest BCUT2D eigenvalue weighted by Gasteiger charge is -2.24. The number of carbonyl (C=O) groups excluding carboxylic acids is 4. The molecule has 3 amide bonds. The summed E-state index contributed by atoms with van der Waals surface area (Å²) in [6.07, 6.45) is 4.00. The predicted octanol–water partition coefficient (Wildman–Crippen LogP) is 3.39. The van der Waals surface area contributed by atoms with E-state index in [1.165, 1.54) is 19.2 Å². The molecule has 0 radical (unpaired) electrons. The number of fused-ring (bicyclic) bond motifs is 1. The molecule has 3 aromatic carbocycles. The Morgan fingerprint density at radius 2 is 1.67 bits per heavy atom. The van der Waals surface area contributed by atoms with Crippen LogP contribution in [0.25, 0.3) is 0 Å². The van der Waals surface area contributed by atoms with E-state index in [-0.39, 0.29) is 55.3 Å². The van der Waals surface area contributed by atoms with Crippen molar-refractivity contribution in [1.82, 2.24) is 15.5 Å². The van der Waals surface area contributed by atoms with E-state index in [1.54, 1.807) is 47.4 Å². The van der Waals surface area contributed by atoms with Crippen molar-refractivity contribution in [2.75, 3.05) is 26.8 Å². The number of ether oxygens (including phenoxy) is 2. The number of hydrogen-bond acceptors (Lipinski definition) is 8. The molecule has 4 rings (SSSR count). The van der Waals surface area contributed by atoms with Gasteiger partial charge in [-0.2, -0.15) is 0 Å². The molecule has 240 valence electrons. The molecule has 0 aromatic heterocycles. The number of hydrogen-bond donors (Lipinski definition) is 2. The van der Waals surface area contributed by atoms with E-state index in [9.17, 15) is 29.3 Å². The number of nitro benzene ring substituents is 1. The highest BCUT2D eigenvalue weighted by atomic mass is 16.6. The lowest BCUT2D eigenvalue weighted by molar-refractivity contribution is -0.384. The second kappa shape index (κ2) is 16.5. The van der Waals surface area contributed by atoms with Crippen LogP contribution in [0.5, 0.6) is 5.75 Å². The summed E-state index contributed by atoms with van der Waals surface area (Å²) in [4.78, 5) is 65.9. The van der Waals surface area contributed by atoms with Crippen LogP contribution in [0.15, 0.2) is 91.0 Å². The molecule has 0 saturated heterocycles. The number of nitrogens with zero attached hydrogens (tertiary/aromatic N) is 2. The van der Waals surface area contributed by atoms with Crippen LogP contribution >= 0.6 is 0 Å². The van der Waals surface area contributed by atoms with Gasteiger partial charge in [-0.05, 0) is 36.1 Å². The summed E-state index contributed by atoms with van der Waals surface area (Å²) >= 11 is 0. The topological polar surface area (TPSA) is 157 Å². The van der Waals surface area contributed by atoms with E-state index in [0.29, 0.717) is 18.5 Å². The van der Waals surface area contributed by atoms with Crippen molar-refractivity contribution in [3.8, 4) is 5.75 Å². The summed E-state index contributed by atoms with van der Waals surface area (Å²) in [5.74, 6) is -2.37. The van der Waals surface area contributed by atoms with Crippen LogP contribution in [0.1, 0.15) is 34.3 Å². The number of esters is 1. The van der Waals surface area contributed by atoms with Gasteiger partial charge in [0.1, 0.15) is 24.4 Å². The van der Waals surface area contributed by atoms with Gasteiger partial charge in [0.15, 0.2) is 0 Å². The quantitative estimate of drug-likeness (QED) is 0.175. The fraction of sp³-hybridized carbons (Fsp3) is 0.294. The predicted molar refractivity (Wildman–Crippen MR) is 169 cm³/mol. The first-order valence-electron chi connectivity index (χ1n) is 14.9.